The fourth-order valence-electron chi connectivity index (χ4n) is 1.37. The Labute approximate surface area is 72.6 Å². The van der Waals surface area contributed by atoms with Crippen LogP contribution in [0, 0.1) is 0 Å². The summed E-state index contributed by atoms with van der Waals surface area (Å²) in [6.07, 6.45) is 10.9. The van der Waals surface area contributed by atoms with Crippen molar-refractivity contribution in [2.45, 2.75) is 32.1 Å². The highest BCUT2D eigenvalue weighted by molar-refractivity contribution is 5.80. The van der Waals surface area contributed by atoms with Crippen molar-refractivity contribution in [1.29, 1.82) is 0 Å². The second kappa shape index (κ2) is 4.75. The van der Waals surface area contributed by atoms with Crippen molar-refractivity contribution in [3.63, 3.8) is 0 Å². The molecule has 2 nitrogen and oxygen atoms in total. The summed E-state index contributed by atoms with van der Waals surface area (Å²) >= 11 is 0. The minimum absolute atomic E-state index is 0.861. The van der Waals surface area contributed by atoms with E-state index in [2.05, 4.69) is 6.08 Å². The van der Waals surface area contributed by atoms with E-state index in [1.54, 1.807) is 6.08 Å². The number of carboxylic acid groups (broad SMARTS) is 1. The summed E-state index contributed by atoms with van der Waals surface area (Å²) in [7, 11) is 0. The normalized spacial score (nSPS) is 18.8. The SMILES string of the molecule is O=C(O)C=CC1=CCCCCC1. The van der Waals surface area contributed by atoms with Gasteiger partial charge in [-0.15, -0.1) is 0 Å². The summed E-state index contributed by atoms with van der Waals surface area (Å²) < 4.78 is 0. The summed E-state index contributed by atoms with van der Waals surface area (Å²) in [5.41, 5.74) is 1.18. The minimum atomic E-state index is -0.861. The first-order chi connectivity index (χ1) is 5.79. The van der Waals surface area contributed by atoms with E-state index >= 15 is 0 Å². The van der Waals surface area contributed by atoms with E-state index in [1.807, 2.05) is 0 Å². The Morgan fingerprint density at radius 3 is 3.00 bits per heavy atom. The van der Waals surface area contributed by atoms with Crippen molar-refractivity contribution in [1.82, 2.24) is 0 Å². The molecule has 1 aliphatic carbocycles. The first-order valence-corrected chi connectivity index (χ1v) is 4.39. The highest BCUT2D eigenvalue weighted by Gasteiger charge is 1.99. The van der Waals surface area contributed by atoms with Crippen LogP contribution in [0.4, 0.5) is 0 Å². The molecule has 0 fully saturated rings. The second-order valence-electron chi connectivity index (χ2n) is 3.05. The van der Waals surface area contributed by atoms with E-state index in [4.69, 9.17) is 5.11 Å². The van der Waals surface area contributed by atoms with E-state index in [9.17, 15) is 4.79 Å². The van der Waals surface area contributed by atoms with Crippen LogP contribution in [0.2, 0.25) is 0 Å². The van der Waals surface area contributed by atoms with Gasteiger partial charge in [-0.2, -0.15) is 0 Å². The molecule has 1 aliphatic rings. The fraction of sp³-hybridized carbons (Fsp3) is 0.500. The molecule has 0 saturated carbocycles. The molecule has 1 N–H and O–H groups in total. The quantitative estimate of drug-likeness (QED) is 0.640. The highest BCUT2D eigenvalue weighted by atomic mass is 16.4. The van der Waals surface area contributed by atoms with E-state index in [0.29, 0.717) is 0 Å². The average Bonchev–Trinajstić information content (AvgIpc) is 2.28. The molecule has 12 heavy (non-hydrogen) atoms. The van der Waals surface area contributed by atoms with Gasteiger partial charge in [-0.1, -0.05) is 24.1 Å². The zero-order chi connectivity index (χ0) is 8.81. The molecule has 0 aromatic heterocycles. The maximum atomic E-state index is 10.2. The van der Waals surface area contributed by atoms with Crippen LogP contribution in [0.5, 0.6) is 0 Å². The summed E-state index contributed by atoms with van der Waals surface area (Å²) in [6, 6.07) is 0. The molecule has 0 radical (unpaired) electrons. The van der Waals surface area contributed by atoms with Gasteiger partial charge < -0.3 is 5.11 Å². The van der Waals surface area contributed by atoms with Crippen molar-refractivity contribution in [3.8, 4) is 0 Å². The highest BCUT2D eigenvalue weighted by Crippen LogP contribution is 2.17. The summed E-state index contributed by atoms with van der Waals surface area (Å²) in [5.74, 6) is -0.861. The minimum Gasteiger partial charge on any atom is -0.478 e. The number of allylic oxidation sites excluding steroid dienone is 3. The molecule has 0 aromatic carbocycles. The lowest BCUT2D eigenvalue weighted by atomic mass is 10.1. The Bertz CT molecular complexity index is 214. The third-order valence-corrected chi connectivity index (χ3v) is 2.02. The van der Waals surface area contributed by atoms with Crippen LogP contribution in [-0.2, 0) is 4.79 Å². The molecule has 0 aliphatic heterocycles. The van der Waals surface area contributed by atoms with E-state index in [1.165, 1.54) is 30.9 Å². The Balaban J connectivity index is 2.48. The summed E-state index contributed by atoms with van der Waals surface area (Å²) in [5, 5.41) is 8.40. The standard InChI is InChI=1S/C10H14O2/c11-10(12)8-7-9-5-3-1-2-4-6-9/h5,7-8H,1-4,6H2,(H,11,12). The smallest absolute Gasteiger partial charge is 0.328 e. The maximum Gasteiger partial charge on any atom is 0.328 e. The predicted molar refractivity (Wildman–Crippen MR) is 47.9 cm³/mol. The molecule has 0 bridgehead atoms. The lowest BCUT2D eigenvalue weighted by Crippen LogP contribution is -1.87. The van der Waals surface area contributed by atoms with Crippen molar-refractivity contribution in [2.75, 3.05) is 0 Å². The molecular formula is C10H14O2. The van der Waals surface area contributed by atoms with Crippen LogP contribution in [-0.4, -0.2) is 11.1 Å². The molecule has 0 atom stereocenters. The van der Waals surface area contributed by atoms with E-state index < -0.39 is 5.97 Å². The first-order valence-electron chi connectivity index (χ1n) is 4.39. The van der Waals surface area contributed by atoms with Crippen LogP contribution in [0.1, 0.15) is 32.1 Å². The molecular weight excluding hydrogens is 152 g/mol. The Morgan fingerprint density at radius 2 is 2.25 bits per heavy atom. The molecule has 66 valence electrons. The molecule has 1 rings (SSSR count). The van der Waals surface area contributed by atoms with Gasteiger partial charge in [0.1, 0.15) is 0 Å². The van der Waals surface area contributed by atoms with Crippen molar-refractivity contribution in [3.05, 3.63) is 23.8 Å². The molecule has 0 unspecified atom stereocenters. The number of hydrogen-bond acceptors (Lipinski definition) is 1. The third kappa shape index (κ3) is 3.37. The molecule has 2 heteroatoms. The summed E-state index contributed by atoms with van der Waals surface area (Å²) in [6.45, 7) is 0. The van der Waals surface area contributed by atoms with Crippen LogP contribution < -0.4 is 0 Å². The van der Waals surface area contributed by atoms with Gasteiger partial charge in [-0.05, 0) is 25.7 Å². The lowest BCUT2D eigenvalue weighted by molar-refractivity contribution is -0.131. The maximum absolute atomic E-state index is 10.2. The molecule has 0 heterocycles. The monoisotopic (exact) mass is 166 g/mol. The van der Waals surface area contributed by atoms with Gasteiger partial charge in [0.05, 0.1) is 0 Å². The Morgan fingerprint density at radius 1 is 1.42 bits per heavy atom. The average molecular weight is 166 g/mol. The van der Waals surface area contributed by atoms with Gasteiger partial charge in [-0.25, -0.2) is 4.79 Å². The largest absolute Gasteiger partial charge is 0.478 e. The topological polar surface area (TPSA) is 37.3 Å². The number of carboxylic acids is 1. The van der Waals surface area contributed by atoms with Crippen molar-refractivity contribution >= 4 is 5.97 Å². The number of carbonyl (C=O) groups is 1. The van der Waals surface area contributed by atoms with Crippen molar-refractivity contribution < 1.29 is 9.90 Å². The molecule has 0 amide bonds. The fourth-order valence-corrected chi connectivity index (χ4v) is 1.37. The van der Waals surface area contributed by atoms with Gasteiger partial charge in [0.2, 0.25) is 0 Å². The van der Waals surface area contributed by atoms with Crippen LogP contribution in [0.15, 0.2) is 23.8 Å². The van der Waals surface area contributed by atoms with Gasteiger partial charge >= 0.3 is 5.97 Å². The predicted octanol–water partition coefficient (Wildman–Crippen LogP) is 2.52. The summed E-state index contributed by atoms with van der Waals surface area (Å²) in [4.78, 5) is 10.2. The van der Waals surface area contributed by atoms with Crippen LogP contribution in [0.3, 0.4) is 0 Å². The lowest BCUT2D eigenvalue weighted by Gasteiger charge is -1.95. The van der Waals surface area contributed by atoms with Crippen molar-refractivity contribution in [2.24, 2.45) is 0 Å². The second-order valence-corrected chi connectivity index (χ2v) is 3.05. The third-order valence-electron chi connectivity index (χ3n) is 2.02. The van der Waals surface area contributed by atoms with Gasteiger partial charge in [0.15, 0.2) is 0 Å². The van der Waals surface area contributed by atoms with Gasteiger partial charge in [0.25, 0.3) is 0 Å². The van der Waals surface area contributed by atoms with Crippen LogP contribution in [0.25, 0.3) is 0 Å². The zero-order valence-electron chi connectivity index (χ0n) is 7.12. The van der Waals surface area contributed by atoms with Crippen LogP contribution >= 0.6 is 0 Å². The molecule has 0 aromatic rings. The number of rotatable bonds is 2. The van der Waals surface area contributed by atoms with E-state index in [-0.39, 0.29) is 0 Å². The number of aliphatic carboxylic acids is 1. The zero-order valence-corrected chi connectivity index (χ0v) is 7.12. The van der Waals surface area contributed by atoms with E-state index in [0.717, 1.165) is 12.8 Å². The van der Waals surface area contributed by atoms with Gasteiger partial charge in [0, 0.05) is 6.08 Å². The Hall–Kier alpha value is -1.05. The van der Waals surface area contributed by atoms with Gasteiger partial charge in [-0.3, -0.25) is 0 Å². The first kappa shape index (κ1) is 9.04. The molecule has 0 saturated heterocycles. The molecule has 0 spiro atoms. The number of hydrogen-bond donors (Lipinski definition) is 1. The Kier molecular flexibility index (Phi) is 3.58.